The molecule has 0 aromatic rings. The van der Waals surface area contributed by atoms with E-state index in [1.807, 2.05) is 0 Å². The zero-order chi connectivity index (χ0) is 24.8. The fraction of sp³-hybridized carbons (Fsp3) is 0.808. The van der Waals surface area contributed by atoms with E-state index in [-0.39, 0.29) is 19.3 Å². The summed E-state index contributed by atoms with van der Waals surface area (Å²) >= 11 is 0. The van der Waals surface area contributed by atoms with Gasteiger partial charge in [0.05, 0.1) is 45.4 Å². The Balaban J connectivity index is 4.59. The van der Waals surface area contributed by atoms with Crippen LogP contribution in [0, 0.1) is 0 Å². The number of allylic oxidation sites excluding steroid dienone is 2. The van der Waals surface area contributed by atoms with E-state index in [1.54, 1.807) is 0 Å². The number of hydrogen-bond donors (Lipinski definition) is 3. The highest BCUT2D eigenvalue weighted by Gasteiger charge is 2.27. The van der Waals surface area contributed by atoms with Crippen LogP contribution in [0.4, 0.5) is 0 Å². The van der Waals surface area contributed by atoms with Gasteiger partial charge in [0.2, 0.25) is 0 Å². The average Bonchev–Trinajstić information content (AvgIpc) is 2.73. The van der Waals surface area contributed by atoms with E-state index in [2.05, 4.69) is 19.1 Å². The Morgan fingerprint density at radius 2 is 0.909 bits per heavy atom. The monoisotopic (exact) mass is 470 g/mol. The van der Waals surface area contributed by atoms with Crippen molar-refractivity contribution >= 4 is 17.9 Å². The molecule has 0 bridgehead atoms. The Morgan fingerprint density at radius 1 is 0.545 bits per heavy atom. The third-order valence-corrected chi connectivity index (χ3v) is 6.21. The second-order valence-electron chi connectivity index (χ2n) is 9.25. The van der Waals surface area contributed by atoms with Crippen molar-refractivity contribution in [3.63, 3.8) is 0 Å². The Hall–Kier alpha value is -1.89. The average molecular weight is 471 g/mol. The highest BCUT2D eigenvalue weighted by Crippen LogP contribution is 2.18. The molecule has 7 nitrogen and oxygen atoms in total. The van der Waals surface area contributed by atoms with E-state index < -0.39 is 17.9 Å². The lowest BCUT2D eigenvalue weighted by Gasteiger charge is -2.39. The first kappa shape index (κ1) is 31.1. The molecule has 0 unspecified atom stereocenters. The summed E-state index contributed by atoms with van der Waals surface area (Å²) in [6, 6.07) is 0. The van der Waals surface area contributed by atoms with Gasteiger partial charge in [0.15, 0.2) is 0 Å². The van der Waals surface area contributed by atoms with E-state index in [0.29, 0.717) is 43.4 Å². The number of nitrogens with zero attached hydrogens (tertiary/aromatic N) is 1. The Morgan fingerprint density at radius 3 is 1.33 bits per heavy atom. The molecule has 0 atom stereocenters. The summed E-state index contributed by atoms with van der Waals surface area (Å²) in [7, 11) is 0. The molecule has 192 valence electrons. The summed E-state index contributed by atoms with van der Waals surface area (Å²) in [5.41, 5.74) is 0. The number of rotatable bonds is 24. The molecule has 0 aliphatic carbocycles. The summed E-state index contributed by atoms with van der Waals surface area (Å²) in [6.07, 6.45) is 18.3. The lowest BCUT2D eigenvalue weighted by atomic mass is 10.1. The largest absolute Gasteiger partial charge is 0.481 e. The van der Waals surface area contributed by atoms with Gasteiger partial charge in [0.25, 0.3) is 0 Å². The SMILES string of the molecule is CCCCCCCC/C=C/CCCC[N+](CCCC(=O)O)(CCCC(=O)O)CCCC(=O)O. The van der Waals surface area contributed by atoms with Crippen molar-refractivity contribution in [1.82, 2.24) is 0 Å². The standard InChI is InChI=1S/C26H47NO6/c1-2-3-4-5-6-7-8-9-10-11-12-13-20-27(21-14-17-24(28)29,22-15-18-25(30)31)23-16-19-26(32)33/h9-10H,2-8,11-23H2,1H3,(H2-,28,29,30,31,32,33)/p+1/b10-9+. The summed E-state index contributed by atoms with van der Waals surface area (Å²) in [5, 5.41) is 27.1. The van der Waals surface area contributed by atoms with Gasteiger partial charge in [-0.05, 0) is 32.1 Å². The first-order valence-electron chi connectivity index (χ1n) is 13.0. The number of unbranched alkanes of at least 4 members (excludes halogenated alkanes) is 8. The van der Waals surface area contributed by atoms with Gasteiger partial charge < -0.3 is 19.8 Å². The fourth-order valence-corrected chi connectivity index (χ4v) is 4.36. The predicted octanol–water partition coefficient (Wildman–Crippen LogP) is 5.87. The van der Waals surface area contributed by atoms with E-state index >= 15 is 0 Å². The third-order valence-electron chi connectivity index (χ3n) is 6.21. The van der Waals surface area contributed by atoms with Gasteiger partial charge >= 0.3 is 17.9 Å². The van der Waals surface area contributed by atoms with Crippen LogP contribution >= 0.6 is 0 Å². The molecule has 33 heavy (non-hydrogen) atoms. The molecule has 0 saturated heterocycles. The Labute approximate surface area is 200 Å². The molecule has 0 rings (SSSR count). The molecule has 7 heteroatoms. The molecule has 0 aromatic carbocycles. The summed E-state index contributed by atoms with van der Waals surface area (Å²) in [6.45, 7) is 5.02. The molecule has 0 heterocycles. The minimum absolute atomic E-state index is 0.0824. The number of carboxylic acid groups (broad SMARTS) is 3. The maximum absolute atomic E-state index is 11.0. The zero-order valence-electron chi connectivity index (χ0n) is 20.8. The van der Waals surface area contributed by atoms with Crippen LogP contribution in [0.25, 0.3) is 0 Å². The predicted molar refractivity (Wildman–Crippen MR) is 131 cm³/mol. The van der Waals surface area contributed by atoms with Crippen molar-refractivity contribution in [1.29, 1.82) is 0 Å². The Bertz CT molecular complexity index is 511. The first-order chi connectivity index (χ1) is 15.8. The number of quaternary nitrogens is 1. The van der Waals surface area contributed by atoms with Gasteiger partial charge in [-0.15, -0.1) is 0 Å². The maximum atomic E-state index is 11.0. The quantitative estimate of drug-likeness (QED) is 0.0923. The summed E-state index contributed by atoms with van der Waals surface area (Å²) in [4.78, 5) is 33.0. The van der Waals surface area contributed by atoms with Crippen LogP contribution in [0.1, 0.15) is 110 Å². The van der Waals surface area contributed by atoms with Crippen molar-refractivity contribution in [3.8, 4) is 0 Å². The number of carbonyl (C=O) groups is 3. The van der Waals surface area contributed by atoms with Crippen LogP contribution in [-0.2, 0) is 14.4 Å². The molecular formula is C26H48NO6+. The van der Waals surface area contributed by atoms with Crippen LogP contribution in [0.15, 0.2) is 12.2 Å². The molecule has 0 radical (unpaired) electrons. The molecule has 3 N–H and O–H groups in total. The molecule has 0 aliphatic rings. The minimum atomic E-state index is -0.834. The summed E-state index contributed by atoms with van der Waals surface area (Å²) in [5.74, 6) is -2.50. The Kier molecular flexibility index (Phi) is 19.5. The second-order valence-corrected chi connectivity index (χ2v) is 9.25. The molecule has 0 spiro atoms. The molecular weight excluding hydrogens is 422 g/mol. The molecule has 0 aliphatic heterocycles. The molecule has 0 aromatic heterocycles. The van der Waals surface area contributed by atoms with Crippen LogP contribution in [0.5, 0.6) is 0 Å². The van der Waals surface area contributed by atoms with Gasteiger partial charge in [0.1, 0.15) is 0 Å². The van der Waals surface area contributed by atoms with Gasteiger partial charge in [-0.2, -0.15) is 0 Å². The van der Waals surface area contributed by atoms with Gasteiger partial charge in [-0.3, -0.25) is 14.4 Å². The lowest BCUT2D eigenvalue weighted by Crippen LogP contribution is -2.51. The number of hydrogen-bond acceptors (Lipinski definition) is 3. The number of aliphatic carboxylic acids is 3. The minimum Gasteiger partial charge on any atom is -0.481 e. The zero-order valence-corrected chi connectivity index (χ0v) is 20.8. The van der Waals surface area contributed by atoms with Gasteiger partial charge in [-0.25, -0.2) is 0 Å². The van der Waals surface area contributed by atoms with E-state index in [9.17, 15) is 14.4 Å². The lowest BCUT2D eigenvalue weighted by molar-refractivity contribution is -0.929. The van der Waals surface area contributed by atoms with Crippen LogP contribution in [0.3, 0.4) is 0 Å². The first-order valence-corrected chi connectivity index (χ1v) is 13.0. The molecule has 0 fully saturated rings. The van der Waals surface area contributed by atoms with Crippen molar-refractivity contribution < 1.29 is 34.2 Å². The van der Waals surface area contributed by atoms with Crippen LogP contribution in [-0.4, -0.2) is 63.9 Å². The topological polar surface area (TPSA) is 112 Å². The highest BCUT2D eigenvalue weighted by atomic mass is 16.4. The fourth-order valence-electron chi connectivity index (χ4n) is 4.36. The highest BCUT2D eigenvalue weighted by molar-refractivity contribution is 5.67. The normalized spacial score (nSPS) is 11.8. The van der Waals surface area contributed by atoms with Crippen LogP contribution in [0.2, 0.25) is 0 Å². The van der Waals surface area contributed by atoms with E-state index in [0.717, 1.165) is 32.2 Å². The van der Waals surface area contributed by atoms with Crippen LogP contribution < -0.4 is 0 Å². The van der Waals surface area contributed by atoms with Crippen molar-refractivity contribution in [2.24, 2.45) is 0 Å². The van der Waals surface area contributed by atoms with Crippen molar-refractivity contribution in [2.75, 3.05) is 26.2 Å². The second kappa shape index (κ2) is 20.7. The molecule has 0 amide bonds. The third kappa shape index (κ3) is 20.4. The molecule has 0 saturated carbocycles. The van der Waals surface area contributed by atoms with Gasteiger partial charge in [-0.1, -0.05) is 51.2 Å². The van der Waals surface area contributed by atoms with Crippen molar-refractivity contribution in [2.45, 2.75) is 110 Å². The maximum Gasteiger partial charge on any atom is 0.303 e. The van der Waals surface area contributed by atoms with Gasteiger partial charge in [0, 0.05) is 19.3 Å². The van der Waals surface area contributed by atoms with E-state index in [4.69, 9.17) is 15.3 Å². The summed E-state index contributed by atoms with van der Waals surface area (Å²) < 4.78 is 0.620. The van der Waals surface area contributed by atoms with Crippen molar-refractivity contribution in [3.05, 3.63) is 12.2 Å². The smallest absolute Gasteiger partial charge is 0.303 e. The van der Waals surface area contributed by atoms with E-state index in [1.165, 1.54) is 38.5 Å². The number of carboxylic acids is 3.